The van der Waals surface area contributed by atoms with Crippen molar-refractivity contribution in [1.29, 1.82) is 0 Å². The molecule has 0 fully saturated rings. The highest BCUT2D eigenvalue weighted by Gasteiger charge is 2.20. The minimum absolute atomic E-state index is 0.181. The standard InChI is InChI=1S/C13H20N2O3/c1-4-13(2,17)8-15-12(16)10-7-9(14)5-6-11(10)18-3/h5-7,17H,4,8,14H2,1-3H3,(H,15,16). The summed E-state index contributed by atoms with van der Waals surface area (Å²) < 4.78 is 5.10. The van der Waals surface area contributed by atoms with Gasteiger partial charge in [0.25, 0.3) is 5.91 Å². The van der Waals surface area contributed by atoms with Gasteiger partial charge in [-0.1, -0.05) is 6.92 Å². The lowest BCUT2D eigenvalue weighted by atomic mass is 10.0. The zero-order valence-electron chi connectivity index (χ0n) is 11.0. The predicted octanol–water partition coefficient (Wildman–Crippen LogP) is 1.17. The van der Waals surface area contributed by atoms with E-state index in [1.807, 2.05) is 6.92 Å². The molecule has 1 rings (SSSR count). The van der Waals surface area contributed by atoms with Crippen LogP contribution >= 0.6 is 0 Å². The van der Waals surface area contributed by atoms with Crippen molar-refractivity contribution in [2.24, 2.45) is 0 Å². The third-order valence-corrected chi connectivity index (χ3v) is 2.86. The SMILES string of the molecule is CCC(C)(O)CNC(=O)c1cc(N)ccc1OC. The lowest BCUT2D eigenvalue weighted by Gasteiger charge is -2.21. The predicted molar refractivity (Wildman–Crippen MR) is 70.7 cm³/mol. The number of rotatable bonds is 5. The third-order valence-electron chi connectivity index (χ3n) is 2.86. The Morgan fingerprint density at radius 3 is 2.78 bits per heavy atom. The summed E-state index contributed by atoms with van der Waals surface area (Å²) in [7, 11) is 1.49. The van der Waals surface area contributed by atoms with Gasteiger partial charge < -0.3 is 20.9 Å². The normalized spacial score (nSPS) is 13.8. The molecule has 0 bridgehead atoms. The molecule has 4 N–H and O–H groups in total. The van der Waals surface area contributed by atoms with E-state index < -0.39 is 5.60 Å². The number of nitrogens with two attached hydrogens (primary N) is 1. The van der Waals surface area contributed by atoms with Gasteiger partial charge in [-0.05, 0) is 31.5 Å². The van der Waals surface area contributed by atoms with E-state index in [1.54, 1.807) is 25.1 Å². The van der Waals surface area contributed by atoms with Crippen molar-refractivity contribution in [1.82, 2.24) is 5.32 Å². The van der Waals surface area contributed by atoms with Gasteiger partial charge in [-0.15, -0.1) is 0 Å². The first-order chi connectivity index (χ1) is 8.39. The second-order valence-electron chi connectivity index (χ2n) is 4.49. The summed E-state index contributed by atoms with van der Waals surface area (Å²) in [5, 5.41) is 12.5. The average molecular weight is 252 g/mol. The first-order valence-corrected chi connectivity index (χ1v) is 5.83. The molecule has 0 saturated heterocycles. The second kappa shape index (κ2) is 5.73. The number of benzene rings is 1. The van der Waals surface area contributed by atoms with Gasteiger partial charge in [0.05, 0.1) is 18.3 Å². The number of carbonyl (C=O) groups excluding carboxylic acids is 1. The maximum Gasteiger partial charge on any atom is 0.255 e. The fourth-order valence-corrected chi connectivity index (χ4v) is 1.39. The molecular weight excluding hydrogens is 232 g/mol. The largest absolute Gasteiger partial charge is 0.496 e. The number of hydrogen-bond donors (Lipinski definition) is 3. The summed E-state index contributed by atoms with van der Waals surface area (Å²) in [6, 6.07) is 4.86. The zero-order valence-corrected chi connectivity index (χ0v) is 11.0. The Morgan fingerprint density at radius 2 is 2.22 bits per heavy atom. The van der Waals surface area contributed by atoms with Crippen LogP contribution in [0.5, 0.6) is 5.75 Å². The maximum absolute atomic E-state index is 12.0. The summed E-state index contributed by atoms with van der Waals surface area (Å²) in [4.78, 5) is 12.0. The van der Waals surface area contributed by atoms with Crippen LogP contribution in [-0.4, -0.2) is 30.3 Å². The zero-order chi connectivity index (χ0) is 13.8. The number of nitrogens with one attached hydrogen (secondary N) is 1. The number of methoxy groups -OCH3 is 1. The Labute approximate surface area is 107 Å². The summed E-state index contributed by atoms with van der Waals surface area (Å²) in [5.41, 5.74) is 5.58. The fraction of sp³-hybridized carbons (Fsp3) is 0.462. The van der Waals surface area contributed by atoms with Crippen LogP contribution < -0.4 is 15.8 Å². The average Bonchev–Trinajstić information content (AvgIpc) is 2.36. The molecule has 100 valence electrons. The highest BCUT2D eigenvalue weighted by molar-refractivity contribution is 5.97. The number of anilines is 1. The molecule has 1 atom stereocenters. The molecule has 0 aliphatic rings. The Balaban J connectivity index is 2.81. The van der Waals surface area contributed by atoms with Crippen LogP contribution in [0.1, 0.15) is 30.6 Å². The molecule has 0 radical (unpaired) electrons. The fourth-order valence-electron chi connectivity index (χ4n) is 1.39. The molecule has 0 spiro atoms. The number of carbonyl (C=O) groups is 1. The second-order valence-corrected chi connectivity index (χ2v) is 4.49. The Hall–Kier alpha value is -1.75. The highest BCUT2D eigenvalue weighted by atomic mass is 16.5. The molecule has 0 aromatic heterocycles. The molecule has 5 heteroatoms. The minimum atomic E-state index is -0.913. The van der Waals surface area contributed by atoms with Crippen LogP contribution in [0.2, 0.25) is 0 Å². The van der Waals surface area contributed by atoms with Crippen molar-refractivity contribution in [3.63, 3.8) is 0 Å². The highest BCUT2D eigenvalue weighted by Crippen LogP contribution is 2.21. The van der Waals surface area contributed by atoms with E-state index in [4.69, 9.17) is 10.5 Å². The van der Waals surface area contributed by atoms with E-state index in [0.29, 0.717) is 23.4 Å². The van der Waals surface area contributed by atoms with Gasteiger partial charge in [0, 0.05) is 12.2 Å². The van der Waals surface area contributed by atoms with Crippen LogP contribution in [0.3, 0.4) is 0 Å². The van der Waals surface area contributed by atoms with E-state index in [1.165, 1.54) is 7.11 Å². The lowest BCUT2D eigenvalue weighted by molar-refractivity contribution is 0.0517. The summed E-state index contributed by atoms with van der Waals surface area (Å²) in [6.45, 7) is 3.71. The number of aliphatic hydroxyl groups is 1. The van der Waals surface area contributed by atoms with E-state index in [0.717, 1.165) is 0 Å². The van der Waals surface area contributed by atoms with Gasteiger partial charge in [-0.2, -0.15) is 0 Å². The summed E-state index contributed by atoms with van der Waals surface area (Å²) in [5.74, 6) is 0.144. The molecule has 0 aliphatic carbocycles. The Kier molecular flexibility index (Phi) is 4.55. The van der Waals surface area contributed by atoms with Crippen LogP contribution in [0.4, 0.5) is 5.69 Å². The molecule has 18 heavy (non-hydrogen) atoms. The molecule has 1 aromatic rings. The van der Waals surface area contributed by atoms with Crippen LogP contribution in [0.25, 0.3) is 0 Å². The smallest absolute Gasteiger partial charge is 0.255 e. The minimum Gasteiger partial charge on any atom is -0.496 e. The summed E-state index contributed by atoms with van der Waals surface area (Å²) >= 11 is 0. The van der Waals surface area contributed by atoms with Crippen LogP contribution in [0, 0.1) is 0 Å². The number of amides is 1. The third kappa shape index (κ3) is 3.63. The first-order valence-electron chi connectivity index (χ1n) is 5.83. The first kappa shape index (κ1) is 14.3. The number of hydrogen-bond acceptors (Lipinski definition) is 4. The number of nitrogen functional groups attached to an aromatic ring is 1. The molecule has 1 amide bonds. The monoisotopic (exact) mass is 252 g/mol. The van der Waals surface area contributed by atoms with E-state index in [9.17, 15) is 9.90 Å². The van der Waals surface area contributed by atoms with Crippen molar-refractivity contribution in [3.8, 4) is 5.75 Å². The quantitative estimate of drug-likeness (QED) is 0.687. The Morgan fingerprint density at radius 1 is 1.56 bits per heavy atom. The molecule has 1 aromatic carbocycles. The van der Waals surface area contributed by atoms with Crippen molar-refractivity contribution >= 4 is 11.6 Å². The van der Waals surface area contributed by atoms with Gasteiger partial charge in [0.2, 0.25) is 0 Å². The Bertz CT molecular complexity index is 430. The van der Waals surface area contributed by atoms with E-state index in [-0.39, 0.29) is 12.5 Å². The molecular formula is C13H20N2O3. The van der Waals surface area contributed by atoms with Gasteiger partial charge in [-0.25, -0.2) is 0 Å². The van der Waals surface area contributed by atoms with Crippen molar-refractivity contribution in [3.05, 3.63) is 23.8 Å². The van der Waals surface area contributed by atoms with Gasteiger partial charge in [0.15, 0.2) is 0 Å². The number of ether oxygens (including phenoxy) is 1. The summed E-state index contributed by atoms with van der Waals surface area (Å²) in [6.07, 6.45) is 0.557. The topological polar surface area (TPSA) is 84.6 Å². The van der Waals surface area contributed by atoms with Crippen molar-refractivity contribution < 1.29 is 14.6 Å². The van der Waals surface area contributed by atoms with Crippen molar-refractivity contribution in [2.75, 3.05) is 19.4 Å². The van der Waals surface area contributed by atoms with E-state index >= 15 is 0 Å². The lowest BCUT2D eigenvalue weighted by Crippen LogP contribution is -2.40. The van der Waals surface area contributed by atoms with Gasteiger partial charge in [0.1, 0.15) is 5.75 Å². The molecule has 5 nitrogen and oxygen atoms in total. The molecule has 0 aliphatic heterocycles. The van der Waals surface area contributed by atoms with Gasteiger partial charge in [-0.3, -0.25) is 4.79 Å². The van der Waals surface area contributed by atoms with Crippen molar-refractivity contribution in [2.45, 2.75) is 25.9 Å². The van der Waals surface area contributed by atoms with Crippen LogP contribution in [-0.2, 0) is 0 Å². The molecule has 0 saturated carbocycles. The van der Waals surface area contributed by atoms with E-state index in [2.05, 4.69) is 5.32 Å². The van der Waals surface area contributed by atoms with Gasteiger partial charge >= 0.3 is 0 Å². The molecule has 0 heterocycles. The maximum atomic E-state index is 12.0. The molecule has 1 unspecified atom stereocenters. The van der Waals surface area contributed by atoms with Crippen LogP contribution in [0.15, 0.2) is 18.2 Å².